The van der Waals surface area contributed by atoms with Crippen LogP contribution in [0, 0.1) is 0 Å². The molecule has 0 radical (unpaired) electrons. The second-order valence-electron chi connectivity index (χ2n) is 9.78. The molecule has 0 bridgehead atoms. The largest absolute Gasteiger partial charge is 0.490 e. The molecule has 43 heavy (non-hydrogen) atoms. The van der Waals surface area contributed by atoms with Gasteiger partial charge >= 0.3 is 12.1 Å². The summed E-state index contributed by atoms with van der Waals surface area (Å²) in [6.07, 6.45) is -3.93. The molecule has 3 aromatic carbocycles. The first-order valence-electron chi connectivity index (χ1n) is 13.5. The number of rotatable bonds is 8. The van der Waals surface area contributed by atoms with Crippen molar-refractivity contribution < 1.29 is 37.1 Å². The molecule has 0 saturated carbocycles. The van der Waals surface area contributed by atoms with Gasteiger partial charge in [0.25, 0.3) is 5.89 Å². The smallest absolute Gasteiger partial charge is 0.484 e. The predicted octanol–water partition coefficient (Wildman–Crippen LogP) is 6.83. The molecule has 1 aliphatic rings. The van der Waals surface area contributed by atoms with Gasteiger partial charge in [-0.3, -0.25) is 0 Å². The zero-order valence-electron chi connectivity index (χ0n) is 22.8. The molecule has 0 spiro atoms. The van der Waals surface area contributed by atoms with Crippen LogP contribution in [-0.2, 0) is 22.7 Å². The van der Waals surface area contributed by atoms with Gasteiger partial charge in [-0.15, -0.1) is 11.3 Å². The Morgan fingerprint density at radius 1 is 1.02 bits per heavy atom. The molecule has 12 heteroatoms. The van der Waals surface area contributed by atoms with Crippen molar-refractivity contribution in [3.8, 4) is 16.5 Å². The number of aliphatic carboxylic acids is 1. The first kappa shape index (κ1) is 30.2. The maximum atomic E-state index is 10.6. The number of carboxylic acid groups (broad SMARTS) is 1. The predicted molar refractivity (Wildman–Crippen MR) is 155 cm³/mol. The van der Waals surface area contributed by atoms with E-state index in [0.29, 0.717) is 24.2 Å². The van der Waals surface area contributed by atoms with Crippen LogP contribution in [0.4, 0.5) is 13.2 Å². The number of hydrogen-bond acceptors (Lipinski definition) is 8. The van der Waals surface area contributed by atoms with Gasteiger partial charge in [0.15, 0.2) is 6.61 Å². The summed E-state index contributed by atoms with van der Waals surface area (Å²) in [4.78, 5) is 14.3. The Bertz CT molecular complexity index is 1620. The summed E-state index contributed by atoms with van der Waals surface area (Å²) >= 11 is 1.58. The Morgan fingerprint density at radius 3 is 2.51 bits per heavy atom. The van der Waals surface area contributed by atoms with Crippen LogP contribution in [-0.4, -0.2) is 46.6 Å². The van der Waals surface area contributed by atoms with E-state index in [1.807, 2.05) is 29.6 Å². The fourth-order valence-corrected chi connectivity index (χ4v) is 5.34. The first-order valence-corrected chi connectivity index (χ1v) is 14.3. The number of halogens is 3. The van der Waals surface area contributed by atoms with Crippen LogP contribution in [0.3, 0.4) is 0 Å². The molecule has 224 valence electrons. The standard InChI is InChI=1S/C29H27N3O3S.C2HF3O2/c1-2-5-23-16-20(7-8-21(23)4-1)18-34-26-17-30-14-13-25(26)22-9-11-24(12-10-22)33-19-28-31-29(32-35-28)27-6-3-15-36-27;3-2(4,5)1(6)7/h1-12,15-16,25-26,30H,13-14,17-19H2;(H,6,7). The fraction of sp³-hybridized carbons (Fsp3) is 0.258. The van der Waals surface area contributed by atoms with Crippen molar-refractivity contribution in [1.29, 1.82) is 0 Å². The van der Waals surface area contributed by atoms with Crippen molar-refractivity contribution >= 4 is 28.1 Å². The van der Waals surface area contributed by atoms with Gasteiger partial charge < -0.3 is 24.4 Å². The number of benzene rings is 3. The number of hydrogen-bond donors (Lipinski definition) is 2. The van der Waals surface area contributed by atoms with Crippen molar-refractivity contribution in [3.63, 3.8) is 0 Å². The van der Waals surface area contributed by atoms with Gasteiger partial charge in [-0.05, 0) is 64.5 Å². The molecule has 8 nitrogen and oxygen atoms in total. The molecule has 2 N–H and O–H groups in total. The highest BCUT2D eigenvalue weighted by molar-refractivity contribution is 7.13. The van der Waals surface area contributed by atoms with Gasteiger partial charge in [-0.1, -0.05) is 59.8 Å². The fourth-order valence-electron chi connectivity index (χ4n) is 4.69. The van der Waals surface area contributed by atoms with Crippen molar-refractivity contribution in [1.82, 2.24) is 15.5 Å². The number of ether oxygens (including phenoxy) is 2. The van der Waals surface area contributed by atoms with Crippen molar-refractivity contribution in [3.05, 3.63) is 101 Å². The minimum absolute atomic E-state index is 0.117. The number of nitrogens with one attached hydrogen (secondary N) is 1. The van der Waals surface area contributed by atoms with E-state index in [1.165, 1.54) is 21.9 Å². The lowest BCUT2D eigenvalue weighted by Crippen LogP contribution is -2.40. The summed E-state index contributed by atoms with van der Waals surface area (Å²) in [6.45, 7) is 2.68. The van der Waals surface area contributed by atoms with Crippen molar-refractivity contribution in [2.45, 2.75) is 37.8 Å². The number of fused-ring (bicyclic) bond motifs is 1. The van der Waals surface area contributed by atoms with Crippen LogP contribution >= 0.6 is 11.3 Å². The Hall–Kier alpha value is -4.26. The van der Waals surface area contributed by atoms with Gasteiger partial charge in [0.2, 0.25) is 5.82 Å². The summed E-state index contributed by atoms with van der Waals surface area (Å²) in [5.41, 5.74) is 2.47. The van der Waals surface area contributed by atoms with E-state index < -0.39 is 12.1 Å². The second kappa shape index (κ2) is 13.8. The topological polar surface area (TPSA) is 107 Å². The molecule has 1 fully saturated rings. The normalized spacial score (nSPS) is 16.8. The van der Waals surface area contributed by atoms with Crippen molar-refractivity contribution in [2.24, 2.45) is 0 Å². The summed E-state index contributed by atoms with van der Waals surface area (Å²) in [5, 5.41) is 19.1. The minimum atomic E-state index is -5.08. The molecule has 2 atom stereocenters. The number of carboxylic acids is 1. The third-order valence-corrected chi connectivity index (χ3v) is 7.69. The van der Waals surface area contributed by atoms with Crippen LogP contribution in [0.25, 0.3) is 21.5 Å². The average Bonchev–Trinajstić information content (AvgIpc) is 3.72. The van der Waals surface area contributed by atoms with Gasteiger partial charge in [-0.2, -0.15) is 18.2 Å². The Kier molecular flexibility index (Phi) is 9.70. The van der Waals surface area contributed by atoms with Gasteiger partial charge in [0.1, 0.15) is 5.75 Å². The lowest BCUT2D eigenvalue weighted by Gasteiger charge is -2.32. The zero-order valence-corrected chi connectivity index (χ0v) is 23.6. The Balaban J connectivity index is 0.000000472. The van der Waals surface area contributed by atoms with E-state index in [-0.39, 0.29) is 12.7 Å². The van der Waals surface area contributed by atoms with E-state index >= 15 is 0 Å². The van der Waals surface area contributed by atoms with Crippen LogP contribution < -0.4 is 10.1 Å². The molecule has 6 rings (SSSR count). The van der Waals surface area contributed by atoms with E-state index in [1.54, 1.807) is 11.3 Å². The number of thiophene rings is 1. The Morgan fingerprint density at radius 2 is 1.79 bits per heavy atom. The number of piperidine rings is 1. The first-order chi connectivity index (χ1) is 20.8. The monoisotopic (exact) mass is 611 g/mol. The van der Waals surface area contributed by atoms with Crippen LogP contribution in [0.2, 0.25) is 0 Å². The van der Waals surface area contributed by atoms with Crippen molar-refractivity contribution in [2.75, 3.05) is 13.1 Å². The molecule has 3 heterocycles. The molecule has 1 aliphatic heterocycles. The maximum absolute atomic E-state index is 10.6. The van der Waals surface area contributed by atoms with E-state index in [0.717, 1.165) is 30.1 Å². The van der Waals surface area contributed by atoms with Gasteiger partial charge in [-0.25, -0.2) is 4.79 Å². The summed E-state index contributed by atoms with van der Waals surface area (Å²) in [7, 11) is 0. The van der Waals surface area contributed by atoms with E-state index in [2.05, 4.69) is 70.1 Å². The minimum Gasteiger partial charge on any atom is -0.484 e. The number of alkyl halides is 3. The van der Waals surface area contributed by atoms with Crippen LogP contribution in [0.1, 0.15) is 29.4 Å². The molecule has 2 unspecified atom stereocenters. The average molecular weight is 612 g/mol. The molecule has 0 amide bonds. The molecule has 1 saturated heterocycles. The molecule has 2 aromatic heterocycles. The third-order valence-electron chi connectivity index (χ3n) is 6.83. The Labute approximate surface area is 249 Å². The van der Waals surface area contributed by atoms with Crippen LogP contribution in [0.5, 0.6) is 5.75 Å². The maximum Gasteiger partial charge on any atom is 0.490 e. The lowest BCUT2D eigenvalue weighted by molar-refractivity contribution is -0.192. The van der Waals surface area contributed by atoms with Gasteiger partial charge in [0, 0.05) is 12.5 Å². The summed E-state index contributed by atoms with van der Waals surface area (Å²) in [6, 6.07) is 27.2. The number of aromatic nitrogens is 2. The lowest BCUT2D eigenvalue weighted by atomic mass is 9.87. The molecule has 5 aromatic rings. The molecular weight excluding hydrogens is 583 g/mol. The summed E-state index contributed by atoms with van der Waals surface area (Å²) in [5.74, 6) is -0.586. The highest BCUT2D eigenvalue weighted by Gasteiger charge is 2.38. The quantitative estimate of drug-likeness (QED) is 0.197. The second-order valence-corrected chi connectivity index (χ2v) is 10.7. The highest BCUT2D eigenvalue weighted by atomic mass is 32.1. The number of carbonyl (C=O) groups is 1. The SMILES string of the molecule is O=C(O)C(F)(F)F.c1csc(-c2noc(COc3ccc(C4CCNCC4OCc4ccc5ccccc5c4)cc3)n2)c1. The number of nitrogens with zero attached hydrogens (tertiary/aromatic N) is 2. The molecule has 0 aliphatic carbocycles. The van der Waals surface area contributed by atoms with E-state index in [9.17, 15) is 13.2 Å². The highest BCUT2D eigenvalue weighted by Crippen LogP contribution is 2.30. The summed E-state index contributed by atoms with van der Waals surface area (Å²) < 4.78 is 49.4. The third kappa shape index (κ3) is 8.19. The zero-order chi connectivity index (χ0) is 30.2. The molecular formula is C31H28F3N3O5S. The van der Waals surface area contributed by atoms with Crippen LogP contribution in [0.15, 0.2) is 88.8 Å². The van der Waals surface area contributed by atoms with Gasteiger partial charge in [0.05, 0.1) is 17.6 Å². The van der Waals surface area contributed by atoms with E-state index in [4.69, 9.17) is 23.9 Å².